The molecule has 0 heterocycles. The third-order valence-corrected chi connectivity index (χ3v) is 1.84. The van der Waals surface area contributed by atoms with Gasteiger partial charge in [0.15, 0.2) is 0 Å². The van der Waals surface area contributed by atoms with Crippen LogP contribution in [-0.2, 0) is 11.3 Å². The third kappa shape index (κ3) is 3.28. The number of primary amides is 1. The van der Waals surface area contributed by atoms with Crippen molar-refractivity contribution in [3.05, 3.63) is 39.7 Å². The SMILES string of the molecule is NC(=O)CNCc1ccc([N+](=O)[O-])c(F)c1. The van der Waals surface area contributed by atoms with Crippen LogP contribution in [0.15, 0.2) is 18.2 Å². The molecular weight excluding hydrogens is 217 g/mol. The van der Waals surface area contributed by atoms with Crippen LogP contribution in [0.4, 0.5) is 10.1 Å². The third-order valence-electron chi connectivity index (χ3n) is 1.84. The summed E-state index contributed by atoms with van der Waals surface area (Å²) in [4.78, 5) is 19.9. The molecule has 7 heteroatoms. The molecule has 1 aromatic rings. The quantitative estimate of drug-likeness (QED) is 0.558. The summed E-state index contributed by atoms with van der Waals surface area (Å²) < 4.78 is 13.1. The number of nitrogens with two attached hydrogens (primary N) is 1. The molecule has 0 spiro atoms. The molecular formula is C9H10FN3O3. The highest BCUT2D eigenvalue weighted by Gasteiger charge is 2.13. The smallest absolute Gasteiger partial charge is 0.304 e. The van der Waals surface area contributed by atoms with Crippen molar-refractivity contribution in [3.8, 4) is 0 Å². The lowest BCUT2D eigenvalue weighted by molar-refractivity contribution is -0.387. The zero-order valence-corrected chi connectivity index (χ0v) is 8.27. The van der Waals surface area contributed by atoms with E-state index in [4.69, 9.17) is 5.73 Å². The van der Waals surface area contributed by atoms with Crippen LogP contribution in [0.3, 0.4) is 0 Å². The maximum atomic E-state index is 13.1. The van der Waals surface area contributed by atoms with E-state index >= 15 is 0 Å². The topological polar surface area (TPSA) is 98.3 Å². The molecule has 0 saturated carbocycles. The molecule has 1 amide bonds. The first-order valence-corrected chi connectivity index (χ1v) is 4.42. The monoisotopic (exact) mass is 227 g/mol. The minimum absolute atomic E-state index is 0.0292. The number of nitrogens with one attached hydrogen (secondary N) is 1. The van der Waals surface area contributed by atoms with Crippen molar-refractivity contribution in [2.75, 3.05) is 6.54 Å². The summed E-state index contributed by atoms with van der Waals surface area (Å²) in [7, 11) is 0. The molecule has 0 atom stereocenters. The molecule has 3 N–H and O–H groups in total. The van der Waals surface area contributed by atoms with E-state index in [1.165, 1.54) is 6.07 Å². The van der Waals surface area contributed by atoms with Gasteiger partial charge in [0.05, 0.1) is 11.5 Å². The molecule has 0 aliphatic carbocycles. The second-order valence-electron chi connectivity index (χ2n) is 3.11. The van der Waals surface area contributed by atoms with Crippen LogP contribution in [0.2, 0.25) is 0 Å². The molecule has 86 valence electrons. The van der Waals surface area contributed by atoms with Crippen molar-refractivity contribution in [2.24, 2.45) is 5.73 Å². The van der Waals surface area contributed by atoms with Crippen molar-refractivity contribution in [1.82, 2.24) is 5.32 Å². The summed E-state index contributed by atoms with van der Waals surface area (Å²) in [5.41, 5.74) is 4.82. The lowest BCUT2D eigenvalue weighted by atomic mass is 10.2. The van der Waals surface area contributed by atoms with Gasteiger partial charge in [-0.3, -0.25) is 14.9 Å². The van der Waals surface area contributed by atoms with Crippen molar-refractivity contribution < 1.29 is 14.1 Å². The van der Waals surface area contributed by atoms with Gasteiger partial charge in [0.25, 0.3) is 0 Å². The number of carbonyl (C=O) groups is 1. The average molecular weight is 227 g/mol. The van der Waals surface area contributed by atoms with E-state index in [0.717, 1.165) is 12.1 Å². The number of hydrogen-bond donors (Lipinski definition) is 2. The van der Waals surface area contributed by atoms with E-state index in [1.807, 2.05) is 0 Å². The Balaban J connectivity index is 2.66. The maximum absolute atomic E-state index is 13.1. The number of nitrogens with zero attached hydrogens (tertiary/aromatic N) is 1. The number of nitro benzene ring substituents is 1. The van der Waals surface area contributed by atoms with Crippen molar-refractivity contribution in [3.63, 3.8) is 0 Å². The van der Waals surface area contributed by atoms with Gasteiger partial charge >= 0.3 is 5.69 Å². The summed E-state index contributed by atoms with van der Waals surface area (Å²) in [6.45, 7) is 0.191. The first-order chi connectivity index (χ1) is 7.50. The van der Waals surface area contributed by atoms with Gasteiger partial charge in [-0.05, 0) is 11.6 Å². The second kappa shape index (κ2) is 5.17. The van der Waals surface area contributed by atoms with Gasteiger partial charge < -0.3 is 11.1 Å². The maximum Gasteiger partial charge on any atom is 0.304 e. The van der Waals surface area contributed by atoms with Crippen LogP contribution in [0.25, 0.3) is 0 Å². The minimum Gasteiger partial charge on any atom is -0.369 e. The van der Waals surface area contributed by atoms with Crippen LogP contribution < -0.4 is 11.1 Å². The molecule has 0 aliphatic heterocycles. The van der Waals surface area contributed by atoms with Gasteiger partial charge in [0, 0.05) is 12.6 Å². The van der Waals surface area contributed by atoms with E-state index in [0.29, 0.717) is 5.56 Å². The summed E-state index contributed by atoms with van der Waals surface area (Å²) in [5.74, 6) is -1.43. The number of halogens is 1. The Morgan fingerprint density at radius 3 is 2.75 bits per heavy atom. The molecule has 0 unspecified atom stereocenters. The largest absolute Gasteiger partial charge is 0.369 e. The van der Waals surface area contributed by atoms with Gasteiger partial charge in [-0.25, -0.2) is 0 Å². The molecule has 0 saturated heterocycles. The first kappa shape index (κ1) is 12.1. The molecule has 0 aromatic heterocycles. The fourth-order valence-electron chi connectivity index (χ4n) is 1.14. The molecule has 0 bridgehead atoms. The molecule has 16 heavy (non-hydrogen) atoms. The standard InChI is InChI=1S/C9H10FN3O3/c10-7-3-6(4-12-5-9(11)14)1-2-8(7)13(15)16/h1-3,12H,4-5H2,(H2,11,14). The van der Waals surface area contributed by atoms with Gasteiger partial charge in [0.2, 0.25) is 11.7 Å². The molecule has 0 aliphatic rings. The lowest BCUT2D eigenvalue weighted by Gasteiger charge is -2.02. The Hall–Kier alpha value is -2.02. The summed E-state index contributed by atoms with van der Waals surface area (Å²) in [6, 6.07) is 3.54. The average Bonchev–Trinajstić information content (AvgIpc) is 2.16. The number of nitro groups is 1. The van der Waals surface area contributed by atoms with Crippen molar-refractivity contribution >= 4 is 11.6 Å². The minimum atomic E-state index is -0.900. The number of carbonyl (C=O) groups excluding carboxylic acids is 1. The summed E-state index contributed by atoms with van der Waals surface area (Å²) in [5, 5.41) is 13.0. The van der Waals surface area contributed by atoms with Gasteiger partial charge in [0.1, 0.15) is 0 Å². The zero-order valence-electron chi connectivity index (χ0n) is 8.27. The Labute approximate surface area is 90.4 Å². The Morgan fingerprint density at radius 2 is 2.25 bits per heavy atom. The highest BCUT2D eigenvalue weighted by Crippen LogP contribution is 2.17. The van der Waals surface area contributed by atoms with Crippen LogP contribution >= 0.6 is 0 Å². The molecule has 0 fully saturated rings. The Bertz CT molecular complexity index is 422. The molecule has 1 rings (SSSR count). The number of rotatable bonds is 5. The van der Waals surface area contributed by atoms with Crippen molar-refractivity contribution in [2.45, 2.75) is 6.54 Å². The van der Waals surface area contributed by atoms with Crippen LogP contribution in [-0.4, -0.2) is 17.4 Å². The van der Waals surface area contributed by atoms with Crippen molar-refractivity contribution in [1.29, 1.82) is 0 Å². The van der Waals surface area contributed by atoms with Gasteiger partial charge in [-0.15, -0.1) is 0 Å². The number of benzene rings is 1. The number of hydrogen-bond acceptors (Lipinski definition) is 4. The van der Waals surface area contributed by atoms with E-state index in [1.54, 1.807) is 0 Å². The summed E-state index contributed by atoms with van der Waals surface area (Å²) in [6.07, 6.45) is 0. The second-order valence-corrected chi connectivity index (χ2v) is 3.11. The zero-order chi connectivity index (χ0) is 12.1. The first-order valence-electron chi connectivity index (χ1n) is 4.42. The fourth-order valence-corrected chi connectivity index (χ4v) is 1.14. The van der Waals surface area contributed by atoms with E-state index in [2.05, 4.69) is 5.32 Å². The Kier molecular flexibility index (Phi) is 3.90. The summed E-state index contributed by atoms with van der Waals surface area (Å²) >= 11 is 0. The highest BCUT2D eigenvalue weighted by atomic mass is 19.1. The van der Waals surface area contributed by atoms with E-state index < -0.39 is 22.3 Å². The normalized spacial score (nSPS) is 10.1. The number of amides is 1. The van der Waals surface area contributed by atoms with Crippen LogP contribution in [0.5, 0.6) is 0 Å². The predicted octanol–water partition coefficient (Wildman–Crippen LogP) is 0.309. The fraction of sp³-hybridized carbons (Fsp3) is 0.222. The van der Waals surface area contributed by atoms with Crippen LogP contribution in [0.1, 0.15) is 5.56 Å². The molecule has 0 radical (unpaired) electrons. The van der Waals surface area contributed by atoms with E-state index in [9.17, 15) is 19.3 Å². The van der Waals surface area contributed by atoms with Gasteiger partial charge in [-0.1, -0.05) is 6.07 Å². The van der Waals surface area contributed by atoms with Crippen LogP contribution in [0, 0.1) is 15.9 Å². The highest BCUT2D eigenvalue weighted by molar-refractivity contribution is 5.75. The molecule has 6 nitrogen and oxygen atoms in total. The predicted molar refractivity (Wildman–Crippen MR) is 54.0 cm³/mol. The lowest BCUT2D eigenvalue weighted by Crippen LogP contribution is -2.28. The Morgan fingerprint density at radius 1 is 1.56 bits per heavy atom. The van der Waals surface area contributed by atoms with E-state index in [-0.39, 0.29) is 13.1 Å². The molecule has 1 aromatic carbocycles. The van der Waals surface area contributed by atoms with Gasteiger partial charge in [-0.2, -0.15) is 4.39 Å².